The van der Waals surface area contributed by atoms with Gasteiger partial charge in [-0.15, -0.1) is 0 Å². The number of carbonyl (C=O) groups is 1. The Morgan fingerprint density at radius 1 is 1.00 bits per heavy atom. The molecule has 0 atom stereocenters. The SMILES string of the molecule is CCCOCCCCC(=O)CCC. The van der Waals surface area contributed by atoms with Crippen molar-refractivity contribution in [2.24, 2.45) is 0 Å². The highest BCUT2D eigenvalue weighted by Gasteiger charge is 1.99. The number of hydrogen-bond acceptors (Lipinski definition) is 2. The lowest BCUT2D eigenvalue weighted by molar-refractivity contribution is -0.119. The summed E-state index contributed by atoms with van der Waals surface area (Å²) in [7, 11) is 0. The highest BCUT2D eigenvalue weighted by molar-refractivity contribution is 5.78. The van der Waals surface area contributed by atoms with Crippen molar-refractivity contribution in [3.05, 3.63) is 0 Å². The Morgan fingerprint density at radius 3 is 2.38 bits per heavy atom. The molecule has 0 bridgehead atoms. The Bertz CT molecular complexity index is 121. The van der Waals surface area contributed by atoms with Crippen molar-refractivity contribution in [2.75, 3.05) is 13.2 Å². The predicted octanol–water partition coefficient (Wildman–Crippen LogP) is 2.95. The summed E-state index contributed by atoms with van der Waals surface area (Å²) in [6, 6.07) is 0. The highest BCUT2D eigenvalue weighted by atomic mass is 16.5. The fourth-order valence-corrected chi connectivity index (χ4v) is 1.18. The summed E-state index contributed by atoms with van der Waals surface area (Å²) >= 11 is 0. The molecule has 0 aliphatic rings. The van der Waals surface area contributed by atoms with Gasteiger partial charge in [-0.3, -0.25) is 4.79 Å². The first kappa shape index (κ1) is 12.6. The van der Waals surface area contributed by atoms with E-state index < -0.39 is 0 Å². The molecule has 0 rings (SSSR count). The molecule has 0 aliphatic carbocycles. The Hall–Kier alpha value is -0.370. The number of unbranched alkanes of at least 4 members (excludes halogenated alkanes) is 1. The lowest BCUT2D eigenvalue weighted by Crippen LogP contribution is -1.99. The van der Waals surface area contributed by atoms with Crippen molar-refractivity contribution in [1.82, 2.24) is 0 Å². The molecule has 2 nitrogen and oxygen atoms in total. The summed E-state index contributed by atoms with van der Waals surface area (Å²) in [6.07, 6.45) is 5.55. The average Bonchev–Trinajstić information content (AvgIpc) is 2.11. The third-order valence-electron chi connectivity index (χ3n) is 1.87. The third-order valence-corrected chi connectivity index (χ3v) is 1.87. The van der Waals surface area contributed by atoms with Gasteiger partial charge in [-0.2, -0.15) is 0 Å². The Kier molecular flexibility index (Phi) is 9.44. The molecule has 78 valence electrons. The van der Waals surface area contributed by atoms with Crippen LogP contribution >= 0.6 is 0 Å². The van der Waals surface area contributed by atoms with Gasteiger partial charge in [0.15, 0.2) is 0 Å². The van der Waals surface area contributed by atoms with Crippen LogP contribution in [0.15, 0.2) is 0 Å². The first-order chi connectivity index (χ1) is 6.31. The number of Topliss-reactive ketones (excluding diaryl/α,β-unsaturated/α-hetero) is 1. The molecule has 0 aromatic heterocycles. The smallest absolute Gasteiger partial charge is 0.132 e. The molecule has 0 fully saturated rings. The van der Waals surface area contributed by atoms with Crippen molar-refractivity contribution in [2.45, 2.75) is 52.4 Å². The summed E-state index contributed by atoms with van der Waals surface area (Å²) in [6.45, 7) is 5.81. The Balaban J connectivity index is 3.02. The largest absolute Gasteiger partial charge is 0.381 e. The maximum atomic E-state index is 11.1. The van der Waals surface area contributed by atoms with Gasteiger partial charge < -0.3 is 4.74 Å². The number of carbonyl (C=O) groups excluding carboxylic acids is 1. The minimum absolute atomic E-state index is 0.401. The second-order valence-corrected chi connectivity index (χ2v) is 3.36. The summed E-state index contributed by atoms with van der Waals surface area (Å²) < 4.78 is 5.31. The zero-order valence-corrected chi connectivity index (χ0v) is 8.97. The van der Waals surface area contributed by atoms with Crippen molar-refractivity contribution in [1.29, 1.82) is 0 Å². The monoisotopic (exact) mass is 186 g/mol. The lowest BCUT2D eigenvalue weighted by atomic mass is 10.1. The number of ether oxygens (including phenoxy) is 1. The molecule has 0 N–H and O–H groups in total. The van der Waals surface area contributed by atoms with Gasteiger partial charge in [0.25, 0.3) is 0 Å². The highest BCUT2D eigenvalue weighted by Crippen LogP contribution is 2.01. The predicted molar refractivity (Wildman–Crippen MR) is 54.9 cm³/mol. The van der Waals surface area contributed by atoms with Gasteiger partial charge in [0.2, 0.25) is 0 Å². The Labute approximate surface area is 81.7 Å². The van der Waals surface area contributed by atoms with Crippen LogP contribution in [0.3, 0.4) is 0 Å². The standard InChI is InChI=1S/C11H22O2/c1-3-7-11(12)8-5-6-10-13-9-4-2/h3-10H2,1-2H3. The zero-order valence-electron chi connectivity index (χ0n) is 8.97. The number of hydrogen-bond donors (Lipinski definition) is 0. The quantitative estimate of drug-likeness (QED) is 0.517. The summed E-state index contributed by atoms with van der Waals surface area (Å²) in [5.41, 5.74) is 0. The van der Waals surface area contributed by atoms with E-state index in [0.29, 0.717) is 5.78 Å². The number of ketones is 1. The van der Waals surface area contributed by atoms with Crippen LogP contribution in [0.5, 0.6) is 0 Å². The molecule has 0 unspecified atom stereocenters. The molecule has 2 heteroatoms. The molecule has 0 aromatic carbocycles. The molecule has 0 heterocycles. The second kappa shape index (κ2) is 9.72. The fraction of sp³-hybridized carbons (Fsp3) is 0.909. The van der Waals surface area contributed by atoms with Crippen LogP contribution in [0.4, 0.5) is 0 Å². The van der Waals surface area contributed by atoms with Crippen molar-refractivity contribution in [3.63, 3.8) is 0 Å². The average molecular weight is 186 g/mol. The maximum absolute atomic E-state index is 11.1. The van der Waals surface area contributed by atoms with E-state index in [1.165, 1.54) is 0 Å². The van der Waals surface area contributed by atoms with E-state index >= 15 is 0 Å². The molecule has 13 heavy (non-hydrogen) atoms. The summed E-state index contributed by atoms with van der Waals surface area (Å²) in [5, 5.41) is 0. The topological polar surface area (TPSA) is 26.3 Å². The molecule has 0 saturated carbocycles. The first-order valence-electron chi connectivity index (χ1n) is 5.40. The molecule has 0 radical (unpaired) electrons. The van der Waals surface area contributed by atoms with Gasteiger partial charge in [0.05, 0.1) is 0 Å². The van der Waals surface area contributed by atoms with E-state index in [4.69, 9.17) is 4.74 Å². The molecule has 0 amide bonds. The first-order valence-corrected chi connectivity index (χ1v) is 5.40. The summed E-state index contributed by atoms with van der Waals surface area (Å²) in [4.78, 5) is 11.1. The van der Waals surface area contributed by atoms with Crippen LogP contribution in [0.25, 0.3) is 0 Å². The van der Waals surface area contributed by atoms with Crippen molar-refractivity contribution >= 4 is 5.78 Å². The second-order valence-electron chi connectivity index (χ2n) is 3.36. The van der Waals surface area contributed by atoms with Crippen LogP contribution in [0.2, 0.25) is 0 Å². The van der Waals surface area contributed by atoms with Gasteiger partial charge in [-0.05, 0) is 25.7 Å². The van der Waals surface area contributed by atoms with E-state index in [0.717, 1.165) is 51.7 Å². The lowest BCUT2D eigenvalue weighted by Gasteiger charge is -2.01. The molecule has 0 aromatic rings. The molecule has 0 saturated heterocycles. The van der Waals surface area contributed by atoms with E-state index in [2.05, 4.69) is 6.92 Å². The normalized spacial score (nSPS) is 10.3. The number of rotatable bonds is 9. The van der Waals surface area contributed by atoms with Gasteiger partial charge in [0.1, 0.15) is 5.78 Å². The van der Waals surface area contributed by atoms with Crippen LogP contribution in [0, 0.1) is 0 Å². The van der Waals surface area contributed by atoms with Gasteiger partial charge in [-0.25, -0.2) is 0 Å². The molecular weight excluding hydrogens is 164 g/mol. The minimum Gasteiger partial charge on any atom is -0.381 e. The van der Waals surface area contributed by atoms with E-state index in [1.807, 2.05) is 6.92 Å². The summed E-state index contributed by atoms with van der Waals surface area (Å²) in [5.74, 6) is 0.401. The van der Waals surface area contributed by atoms with Crippen LogP contribution < -0.4 is 0 Å². The maximum Gasteiger partial charge on any atom is 0.132 e. The van der Waals surface area contributed by atoms with Crippen LogP contribution in [0.1, 0.15) is 52.4 Å². The third kappa shape index (κ3) is 9.54. The van der Waals surface area contributed by atoms with Crippen molar-refractivity contribution in [3.8, 4) is 0 Å². The molecule has 0 aliphatic heterocycles. The van der Waals surface area contributed by atoms with E-state index in [1.54, 1.807) is 0 Å². The molecular formula is C11H22O2. The van der Waals surface area contributed by atoms with Gasteiger partial charge in [0, 0.05) is 26.1 Å². The van der Waals surface area contributed by atoms with Gasteiger partial charge in [-0.1, -0.05) is 13.8 Å². The fourth-order valence-electron chi connectivity index (χ4n) is 1.18. The molecule has 0 spiro atoms. The van der Waals surface area contributed by atoms with E-state index in [-0.39, 0.29) is 0 Å². The van der Waals surface area contributed by atoms with Crippen molar-refractivity contribution < 1.29 is 9.53 Å². The van der Waals surface area contributed by atoms with Gasteiger partial charge >= 0.3 is 0 Å². The van der Waals surface area contributed by atoms with Crippen LogP contribution in [-0.4, -0.2) is 19.0 Å². The zero-order chi connectivity index (χ0) is 9.94. The van der Waals surface area contributed by atoms with Crippen LogP contribution in [-0.2, 0) is 9.53 Å². The Morgan fingerprint density at radius 2 is 1.77 bits per heavy atom. The van der Waals surface area contributed by atoms with E-state index in [9.17, 15) is 4.79 Å². The minimum atomic E-state index is 0.401.